The molecule has 0 radical (unpaired) electrons. The molecule has 0 N–H and O–H groups in total. The molecule has 19 heavy (non-hydrogen) atoms. The fourth-order valence-electron chi connectivity index (χ4n) is 1.92. The molecule has 2 aromatic heterocycles. The molecule has 0 aliphatic carbocycles. The van der Waals surface area contributed by atoms with Crippen LogP contribution < -0.4 is 0 Å². The number of nitriles is 1. The minimum absolute atomic E-state index is 0.175. The zero-order valence-electron chi connectivity index (χ0n) is 10.8. The summed E-state index contributed by atoms with van der Waals surface area (Å²) in [6.07, 6.45) is 6.80. The van der Waals surface area contributed by atoms with Gasteiger partial charge in [-0.25, -0.2) is 4.98 Å². The van der Waals surface area contributed by atoms with Gasteiger partial charge in [-0.2, -0.15) is 5.26 Å². The molecule has 0 bridgehead atoms. The summed E-state index contributed by atoms with van der Waals surface area (Å²) in [4.78, 5) is 15.7. The van der Waals surface area contributed by atoms with E-state index in [4.69, 9.17) is 5.26 Å². The lowest BCUT2D eigenvalue weighted by Gasteiger charge is -2.03. The first-order valence-corrected chi connectivity index (χ1v) is 6.27. The van der Waals surface area contributed by atoms with Crippen molar-refractivity contribution in [2.75, 3.05) is 0 Å². The van der Waals surface area contributed by atoms with E-state index in [1.807, 2.05) is 42.1 Å². The summed E-state index contributed by atoms with van der Waals surface area (Å²) in [5.41, 5.74) is 2.15. The highest BCUT2D eigenvalue weighted by Crippen LogP contribution is 2.09. The van der Waals surface area contributed by atoms with Crippen molar-refractivity contribution in [1.29, 1.82) is 5.26 Å². The van der Waals surface area contributed by atoms with Gasteiger partial charge in [0.05, 0.1) is 0 Å². The summed E-state index contributed by atoms with van der Waals surface area (Å²) >= 11 is 0. The smallest absolute Gasteiger partial charge is 0.164 e. The molecule has 2 aromatic rings. The lowest BCUT2D eigenvalue weighted by Crippen LogP contribution is -1.99. The van der Waals surface area contributed by atoms with Gasteiger partial charge < -0.3 is 4.57 Å². The van der Waals surface area contributed by atoms with Crippen LogP contribution in [-0.2, 0) is 6.54 Å². The Balaban J connectivity index is 2.11. The molecule has 0 aromatic carbocycles. The predicted octanol–water partition coefficient (Wildman–Crippen LogP) is 2.79. The van der Waals surface area contributed by atoms with Gasteiger partial charge in [-0.15, -0.1) is 0 Å². The number of nitrogens with zero attached hydrogens (tertiary/aromatic N) is 3. The van der Waals surface area contributed by atoms with E-state index < -0.39 is 0 Å². The normalized spacial score (nSPS) is 10.1. The van der Waals surface area contributed by atoms with Gasteiger partial charge in [0.1, 0.15) is 11.8 Å². The van der Waals surface area contributed by atoms with Crippen molar-refractivity contribution >= 4 is 5.78 Å². The highest BCUT2D eigenvalue weighted by molar-refractivity contribution is 5.95. The maximum Gasteiger partial charge on any atom is 0.164 e. The van der Waals surface area contributed by atoms with Crippen LogP contribution in [0.2, 0.25) is 0 Å². The molecule has 4 nitrogen and oxygen atoms in total. The largest absolute Gasteiger partial charge is 0.349 e. The summed E-state index contributed by atoms with van der Waals surface area (Å²) in [6.45, 7) is 2.63. The summed E-state index contributed by atoms with van der Waals surface area (Å²) in [7, 11) is 0. The third kappa shape index (κ3) is 3.29. The monoisotopic (exact) mass is 253 g/mol. The van der Waals surface area contributed by atoms with E-state index >= 15 is 0 Å². The number of aromatic nitrogens is 2. The summed E-state index contributed by atoms with van der Waals surface area (Å²) in [6, 6.07) is 7.48. The fourth-order valence-corrected chi connectivity index (χ4v) is 1.92. The molecular weight excluding hydrogens is 238 g/mol. The number of hydrogen-bond acceptors (Lipinski definition) is 3. The van der Waals surface area contributed by atoms with Gasteiger partial charge in [-0.1, -0.05) is 6.92 Å². The van der Waals surface area contributed by atoms with Crippen LogP contribution in [0.4, 0.5) is 0 Å². The number of ketones is 1. The topological polar surface area (TPSA) is 58.7 Å². The number of hydrogen-bond donors (Lipinski definition) is 0. The molecule has 0 aliphatic rings. The minimum Gasteiger partial charge on any atom is -0.349 e. The SMILES string of the molecule is CCCC(=O)c1ccn(Cc2ccnc(C#N)c2)c1. The molecule has 0 unspecified atom stereocenters. The maximum absolute atomic E-state index is 11.7. The third-order valence-corrected chi connectivity index (χ3v) is 2.85. The molecule has 0 saturated carbocycles. The van der Waals surface area contributed by atoms with E-state index in [-0.39, 0.29) is 5.78 Å². The molecule has 0 fully saturated rings. The molecule has 2 rings (SSSR count). The lowest BCUT2D eigenvalue weighted by atomic mass is 10.1. The Hall–Kier alpha value is -2.41. The average molecular weight is 253 g/mol. The van der Waals surface area contributed by atoms with Gasteiger partial charge in [0.2, 0.25) is 0 Å². The van der Waals surface area contributed by atoms with E-state index in [0.29, 0.717) is 18.7 Å². The number of pyridine rings is 1. The maximum atomic E-state index is 11.7. The van der Waals surface area contributed by atoms with Gasteiger partial charge in [-0.3, -0.25) is 4.79 Å². The summed E-state index contributed by atoms with van der Waals surface area (Å²) in [5, 5.41) is 8.80. The van der Waals surface area contributed by atoms with Crippen molar-refractivity contribution in [3.8, 4) is 6.07 Å². The van der Waals surface area contributed by atoms with E-state index in [1.54, 1.807) is 12.3 Å². The van der Waals surface area contributed by atoms with Crippen LogP contribution >= 0.6 is 0 Å². The van der Waals surface area contributed by atoms with Crippen LogP contribution in [-0.4, -0.2) is 15.3 Å². The van der Waals surface area contributed by atoms with Crippen molar-refractivity contribution in [3.63, 3.8) is 0 Å². The molecule has 0 aliphatic heterocycles. The molecule has 0 atom stereocenters. The molecule has 4 heteroatoms. The second kappa shape index (κ2) is 5.96. The van der Waals surface area contributed by atoms with Crippen LogP contribution in [0, 0.1) is 11.3 Å². The molecule has 0 saturated heterocycles. The molecular formula is C15H15N3O. The van der Waals surface area contributed by atoms with Crippen molar-refractivity contribution in [2.24, 2.45) is 0 Å². The van der Waals surface area contributed by atoms with Gasteiger partial charge in [0.15, 0.2) is 5.78 Å². The standard InChI is InChI=1S/C15H15N3O/c1-2-3-15(19)13-5-7-18(11-13)10-12-4-6-17-14(8-12)9-16/h4-8,11H,2-3,10H2,1H3. The number of carbonyl (C=O) groups excluding carboxylic acids is 1. The molecule has 2 heterocycles. The second-order valence-electron chi connectivity index (χ2n) is 4.41. The number of rotatable bonds is 5. The van der Waals surface area contributed by atoms with E-state index in [9.17, 15) is 4.79 Å². The Bertz CT molecular complexity index is 622. The Morgan fingerprint density at radius 1 is 1.47 bits per heavy atom. The third-order valence-electron chi connectivity index (χ3n) is 2.85. The van der Waals surface area contributed by atoms with Gasteiger partial charge in [0.25, 0.3) is 0 Å². The van der Waals surface area contributed by atoms with Crippen LogP contribution in [0.5, 0.6) is 0 Å². The van der Waals surface area contributed by atoms with Gasteiger partial charge >= 0.3 is 0 Å². The van der Waals surface area contributed by atoms with E-state index in [1.165, 1.54) is 0 Å². The van der Waals surface area contributed by atoms with Crippen LogP contribution in [0.1, 0.15) is 41.4 Å². The van der Waals surface area contributed by atoms with Gasteiger partial charge in [-0.05, 0) is 30.2 Å². The second-order valence-corrected chi connectivity index (χ2v) is 4.41. The van der Waals surface area contributed by atoms with Crippen molar-refractivity contribution in [2.45, 2.75) is 26.3 Å². The fraction of sp³-hybridized carbons (Fsp3) is 0.267. The van der Waals surface area contributed by atoms with E-state index in [2.05, 4.69) is 4.98 Å². The highest BCUT2D eigenvalue weighted by Gasteiger charge is 2.06. The lowest BCUT2D eigenvalue weighted by molar-refractivity contribution is 0.0981. The van der Waals surface area contributed by atoms with E-state index in [0.717, 1.165) is 17.5 Å². The first-order chi connectivity index (χ1) is 9.22. The summed E-state index contributed by atoms with van der Waals surface area (Å²) < 4.78 is 1.94. The van der Waals surface area contributed by atoms with Crippen molar-refractivity contribution in [3.05, 3.63) is 53.6 Å². The Kier molecular flexibility index (Phi) is 4.09. The van der Waals surface area contributed by atoms with Crippen LogP contribution in [0.25, 0.3) is 0 Å². The molecule has 0 amide bonds. The highest BCUT2D eigenvalue weighted by atomic mass is 16.1. The first kappa shape index (κ1) is 13.0. The summed E-state index contributed by atoms with van der Waals surface area (Å²) in [5.74, 6) is 0.175. The zero-order chi connectivity index (χ0) is 13.7. The van der Waals surface area contributed by atoms with Crippen molar-refractivity contribution in [1.82, 2.24) is 9.55 Å². The minimum atomic E-state index is 0.175. The zero-order valence-corrected chi connectivity index (χ0v) is 10.8. The molecule has 96 valence electrons. The molecule has 0 spiro atoms. The van der Waals surface area contributed by atoms with Crippen LogP contribution in [0.15, 0.2) is 36.8 Å². The predicted molar refractivity (Wildman–Crippen MR) is 71.7 cm³/mol. The number of carbonyl (C=O) groups is 1. The Labute approximate surface area is 112 Å². The van der Waals surface area contributed by atoms with Crippen LogP contribution in [0.3, 0.4) is 0 Å². The Morgan fingerprint density at radius 2 is 2.32 bits per heavy atom. The quantitative estimate of drug-likeness (QED) is 0.770. The number of Topliss-reactive ketones (excluding diaryl/α,β-unsaturated/α-hetero) is 1. The van der Waals surface area contributed by atoms with Crippen molar-refractivity contribution < 1.29 is 4.79 Å². The van der Waals surface area contributed by atoms with Gasteiger partial charge in [0, 0.05) is 37.1 Å². The average Bonchev–Trinajstić information content (AvgIpc) is 2.88. The first-order valence-electron chi connectivity index (χ1n) is 6.27. The Morgan fingerprint density at radius 3 is 3.05 bits per heavy atom.